The van der Waals surface area contributed by atoms with E-state index in [1.807, 2.05) is 18.2 Å². The average molecular weight is 276 g/mol. The quantitative estimate of drug-likeness (QED) is 0.613. The van der Waals surface area contributed by atoms with Crippen molar-refractivity contribution in [2.24, 2.45) is 5.73 Å². The number of amides is 3. The van der Waals surface area contributed by atoms with Crippen molar-refractivity contribution in [2.75, 3.05) is 13.1 Å². The summed E-state index contributed by atoms with van der Waals surface area (Å²) in [5.41, 5.74) is 8.92. The number of carbonyl (C=O) groups excluding carboxylic acids is 2. The van der Waals surface area contributed by atoms with E-state index in [0.29, 0.717) is 6.41 Å². The first-order valence-corrected chi connectivity index (χ1v) is 6.75. The van der Waals surface area contributed by atoms with E-state index in [2.05, 4.69) is 22.5 Å². The van der Waals surface area contributed by atoms with Gasteiger partial charge in [0.2, 0.25) is 6.41 Å². The van der Waals surface area contributed by atoms with Gasteiger partial charge in [-0.05, 0) is 18.4 Å². The van der Waals surface area contributed by atoms with Gasteiger partial charge in [0.15, 0.2) is 0 Å². The van der Waals surface area contributed by atoms with Crippen molar-refractivity contribution in [1.29, 1.82) is 0 Å². The molecular weight excluding hydrogens is 256 g/mol. The van der Waals surface area contributed by atoms with Crippen molar-refractivity contribution in [1.82, 2.24) is 15.3 Å². The number of nitrogens with zero attached hydrogens (tertiary/aromatic N) is 2. The van der Waals surface area contributed by atoms with Gasteiger partial charge < -0.3 is 5.73 Å². The molecule has 3 amide bonds. The molecule has 6 nitrogen and oxygen atoms in total. The number of benzene rings is 1. The molecular formula is C14H20N4O2. The van der Waals surface area contributed by atoms with E-state index in [1.165, 1.54) is 10.6 Å². The molecule has 0 aliphatic carbocycles. The van der Waals surface area contributed by atoms with Crippen LogP contribution in [0.2, 0.25) is 0 Å². The van der Waals surface area contributed by atoms with Gasteiger partial charge in [-0.2, -0.15) is 0 Å². The summed E-state index contributed by atoms with van der Waals surface area (Å²) in [6.45, 7) is 2.67. The van der Waals surface area contributed by atoms with E-state index < -0.39 is 6.03 Å². The van der Waals surface area contributed by atoms with Gasteiger partial charge in [-0.1, -0.05) is 30.3 Å². The molecule has 0 aromatic heterocycles. The molecule has 1 saturated heterocycles. The molecule has 20 heavy (non-hydrogen) atoms. The fourth-order valence-electron chi connectivity index (χ4n) is 2.58. The number of piperidine rings is 1. The Labute approximate surface area is 118 Å². The van der Waals surface area contributed by atoms with E-state index in [1.54, 1.807) is 0 Å². The minimum Gasteiger partial charge on any atom is -0.350 e. The summed E-state index contributed by atoms with van der Waals surface area (Å²) in [6.07, 6.45) is 2.09. The number of hydrogen-bond acceptors (Lipinski definition) is 3. The number of rotatable bonds is 5. The summed E-state index contributed by atoms with van der Waals surface area (Å²) in [7, 11) is 0. The van der Waals surface area contributed by atoms with E-state index >= 15 is 0 Å². The minimum atomic E-state index is -0.612. The SMILES string of the molecule is NC(=O)N(NC=O)C1CCN(Cc2ccccc2)CC1. The highest BCUT2D eigenvalue weighted by atomic mass is 16.2. The lowest BCUT2D eigenvalue weighted by atomic mass is 10.0. The highest BCUT2D eigenvalue weighted by molar-refractivity contribution is 5.73. The molecule has 2 rings (SSSR count). The molecule has 0 atom stereocenters. The molecule has 0 spiro atoms. The first kappa shape index (κ1) is 14.3. The van der Waals surface area contributed by atoms with E-state index in [9.17, 15) is 9.59 Å². The van der Waals surface area contributed by atoms with E-state index in [0.717, 1.165) is 32.5 Å². The molecule has 0 saturated carbocycles. The maximum absolute atomic E-state index is 11.3. The Morgan fingerprint density at radius 3 is 2.55 bits per heavy atom. The lowest BCUT2D eigenvalue weighted by Crippen LogP contribution is -2.54. The van der Waals surface area contributed by atoms with Gasteiger partial charge in [-0.3, -0.25) is 15.1 Å². The molecule has 0 radical (unpaired) electrons. The molecule has 3 N–H and O–H groups in total. The van der Waals surface area contributed by atoms with Crippen molar-refractivity contribution in [2.45, 2.75) is 25.4 Å². The van der Waals surface area contributed by atoms with Crippen molar-refractivity contribution >= 4 is 12.4 Å². The molecule has 1 aromatic rings. The molecule has 1 aliphatic rings. The second-order valence-corrected chi connectivity index (χ2v) is 4.95. The fourth-order valence-corrected chi connectivity index (χ4v) is 2.58. The highest BCUT2D eigenvalue weighted by Crippen LogP contribution is 2.17. The summed E-state index contributed by atoms with van der Waals surface area (Å²) in [5.74, 6) is 0. The third-order valence-electron chi connectivity index (χ3n) is 3.60. The largest absolute Gasteiger partial charge is 0.350 e. The van der Waals surface area contributed by atoms with Crippen LogP contribution in [0.4, 0.5) is 4.79 Å². The maximum atomic E-state index is 11.3. The number of likely N-dealkylation sites (tertiary alicyclic amines) is 1. The number of nitrogens with two attached hydrogens (primary N) is 1. The van der Waals surface area contributed by atoms with Crippen molar-refractivity contribution < 1.29 is 9.59 Å². The van der Waals surface area contributed by atoms with Gasteiger partial charge in [-0.15, -0.1) is 0 Å². The molecule has 0 unspecified atom stereocenters. The summed E-state index contributed by atoms with van der Waals surface area (Å²) < 4.78 is 0. The Kier molecular flexibility index (Phi) is 4.95. The van der Waals surface area contributed by atoms with Crippen LogP contribution in [0.1, 0.15) is 18.4 Å². The number of primary amides is 1. The Bertz CT molecular complexity index is 444. The molecule has 1 fully saturated rings. The second-order valence-electron chi connectivity index (χ2n) is 4.95. The van der Waals surface area contributed by atoms with Crippen LogP contribution in [0.25, 0.3) is 0 Å². The Morgan fingerprint density at radius 2 is 2.00 bits per heavy atom. The van der Waals surface area contributed by atoms with Crippen LogP contribution in [0, 0.1) is 0 Å². The molecule has 1 aliphatic heterocycles. The summed E-state index contributed by atoms with van der Waals surface area (Å²) in [4.78, 5) is 24.1. The minimum absolute atomic E-state index is 0.0234. The first-order valence-electron chi connectivity index (χ1n) is 6.75. The molecule has 1 aromatic carbocycles. The number of hydrogen-bond donors (Lipinski definition) is 2. The highest BCUT2D eigenvalue weighted by Gasteiger charge is 2.26. The third-order valence-corrected chi connectivity index (χ3v) is 3.60. The third kappa shape index (κ3) is 3.71. The van der Waals surface area contributed by atoms with E-state index in [4.69, 9.17) is 5.73 Å². The predicted molar refractivity (Wildman–Crippen MR) is 75.4 cm³/mol. The van der Waals surface area contributed by atoms with Crippen molar-refractivity contribution in [3.8, 4) is 0 Å². The number of nitrogens with one attached hydrogen (secondary N) is 1. The number of carbonyl (C=O) groups is 2. The van der Waals surface area contributed by atoms with Gasteiger partial charge in [0.05, 0.1) is 6.04 Å². The zero-order valence-corrected chi connectivity index (χ0v) is 11.4. The van der Waals surface area contributed by atoms with Crippen molar-refractivity contribution in [3.63, 3.8) is 0 Å². The predicted octanol–water partition coefficient (Wildman–Crippen LogP) is 0.693. The Balaban J connectivity index is 1.85. The monoisotopic (exact) mass is 276 g/mol. The van der Waals surface area contributed by atoms with Crippen LogP contribution in [0.3, 0.4) is 0 Å². The van der Waals surface area contributed by atoms with Crippen LogP contribution >= 0.6 is 0 Å². The standard InChI is InChI=1S/C14H20N4O2/c15-14(20)18(16-11-19)13-6-8-17(9-7-13)10-12-4-2-1-3-5-12/h1-5,11,13H,6-10H2,(H2,15,20)(H,16,19). The number of urea groups is 1. The van der Waals surface area contributed by atoms with Gasteiger partial charge in [0.25, 0.3) is 0 Å². The number of hydrazine groups is 1. The van der Waals surface area contributed by atoms with Crippen LogP contribution in [0.5, 0.6) is 0 Å². The molecule has 108 valence electrons. The van der Waals surface area contributed by atoms with E-state index in [-0.39, 0.29) is 6.04 Å². The Hall–Kier alpha value is -2.08. The Morgan fingerprint density at radius 1 is 1.35 bits per heavy atom. The second kappa shape index (κ2) is 6.91. The summed E-state index contributed by atoms with van der Waals surface area (Å²) >= 11 is 0. The van der Waals surface area contributed by atoms with Crippen LogP contribution in [-0.2, 0) is 11.3 Å². The lowest BCUT2D eigenvalue weighted by molar-refractivity contribution is -0.113. The lowest BCUT2D eigenvalue weighted by Gasteiger charge is -2.36. The van der Waals surface area contributed by atoms with Gasteiger partial charge in [0, 0.05) is 19.6 Å². The topological polar surface area (TPSA) is 78.7 Å². The molecule has 0 bridgehead atoms. The summed E-state index contributed by atoms with van der Waals surface area (Å²) in [6, 6.07) is 9.65. The van der Waals surface area contributed by atoms with Crippen LogP contribution in [0.15, 0.2) is 30.3 Å². The molecule has 1 heterocycles. The average Bonchev–Trinajstić information content (AvgIpc) is 2.47. The zero-order chi connectivity index (χ0) is 14.4. The maximum Gasteiger partial charge on any atom is 0.333 e. The van der Waals surface area contributed by atoms with Gasteiger partial charge >= 0.3 is 6.03 Å². The van der Waals surface area contributed by atoms with Gasteiger partial charge in [0.1, 0.15) is 0 Å². The fraction of sp³-hybridized carbons (Fsp3) is 0.429. The first-order chi connectivity index (χ1) is 9.70. The molecule has 6 heteroatoms. The summed E-state index contributed by atoms with van der Waals surface area (Å²) in [5, 5.41) is 1.23. The van der Waals surface area contributed by atoms with Crippen LogP contribution in [-0.4, -0.2) is 41.5 Å². The normalized spacial score (nSPS) is 16.6. The zero-order valence-electron chi connectivity index (χ0n) is 11.4. The van der Waals surface area contributed by atoms with Gasteiger partial charge in [-0.25, -0.2) is 9.80 Å². The van der Waals surface area contributed by atoms with Crippen LogP contribution < -0.4 is 11.2 Å². The van der Waals surface area contributed by atoms with Crippen molar-refractivity contribution in [3.05, 3.63) is 35.9 Å². The smallest absolute Gasteiger partial charge is 0.333 e.